The van der Waals surface area contributed by atoms with Gasteiger partial charge in [-0.15, -0.1) is 0 Å². The van der Waals surface area contributed by atoms with E-state index in [0.29, 0.717) is 17.8 Å². The second-order valence-corrected chi connectivity index (χ2v) is 5.86. The molecule has 0 aliphatic carbocycles. The predicted molar refractivity (Wildman–Crippen MR) is 91.8 cm³/mol. The fourth-order valence-corrected chi connectivity index (χ4v) is 2.63. The predicted octanol–water partition coefficient (Wildman–Crippen LogP) is 2.64. The number of rotatable bonds is 5. The maximum atomic E-state index is 13.2. The summed E-state index contributed by atoms with van der Waals surface area (Å²) in [4.78, 5) is 18.6. The maximum absolute atomic E-state index is 13.2. The van der Waals surface area contributed by atoms with Crippen LogP contribution in [0.3, 0.4) is 0 Å². The van der Waals surface area contributed by atoms with Gasteiger partial charge in [0.1, 0.15) is 11.4 Å². The molecule has 0 spiro atoms. The molecule has 0 saturated carbocycles. The monoisotopic (exact) mass is 342 g/mol. The second-order valence-electron chi connectivity index (χ2n) is 5.86. The number of ether oxygens (including phenoxy) is 1. The Morgan fingerprint density at radius 1 is 1.32 bits per heavy atom. The molecule has 6 nitrogen and oxygen atoms in total. The minimum absolute atomic E-state index is 0.0708. The quantitative estimate of drug-likeness (QED) is 0.715. The molecule has 0 radical (unpaired) electrons. The van der Waals surface area contributed by atoms with Gasteiger partial charge in [-0.2, -0.15) is 5.10 Å². The van der Waals surface area contributed by atoms with Crippen LogP contribution < -0.4 is 0 Å². The summed E-state index contributed by atoms with van der Waals surface area (Å²) in [6.07, 6.45) is 3.05. The Morgan fingerprint density at radius 3 is 2.72 bits per heavy atom. The number of methoxy groups -OCH3 is 1. The number of aromatic nitrogens is 3. The summed E-state index contributed by atoms with van der Waals surface area (Å²) in [5, 5.41) is 4.30. The summed E-state index contributed by atoms with van der Waals surface area (Å²) < 4.78 is 19.9. The topological polar surface area (TPSA) is 59.7 Å². The van der Waals surface area contributed by atoms with E-state index in [4.69, 9.17) is 4.74 Å². The molecule has 0 N–H and O–H groups in total. The van der Waals surface area contributed by atoms with Crippen LogP contribution in [0.25, 0.3) is 16.9 Å². The summed E-state index contributed by atoms with van der Waals surface area (Å²) in [5.41, 5.74) is 2.40. The van der Waals surface area contributed by atoms with Crippen LogP contribution >= 0.6 is 0 Å². The molecule has 0 saturated heterocycles. The summed E-state index contributed by atoms with van der Waals surface area (Å²) in [6, 6.07) is 7.88. The van der Waals surface area contributed by atoms with Crippen LogP contribution in [0.2, 0.25) is 0 Å². The number of hydrogen-bond donors (Lipinski definition) is 0. The molecule has 0 unspecified atom stereocenters. The number of nitrogens with zero attached hydrogens (tertiary/aromatic N) is 4. The average Bonchev–Trinajstić information content (AvgIpc) is 3.05. The Balaban J connectivity index is 1.98. The lowest BCUT2D eigenvalue weighted by Crippen LogP contribution is -2.33. The molecule has 2 aromatic heterocycles. The highest BCUT2D eigenvalue weighted by Gasteiger charge is 2.20. The van der Waals surface area contributed by atoms with E-state index < -0.39 is 0 Å². The molecule has 130 valence electrons. The Morgan fingerprint density at radius 2 is 2.04 bits per heavy atom. The number of hydrogen-bond acceptors (Lipinski definition) is 4. The van der Waals surface area contributed by atoms with Crippen molar-refractivity contribution in [1.29, 1.82) is 0 Å². The van der Waals surface area contributed by atoms with Gasteiger partial charge in [-0.3, -0.25) is 4.79 Å². The van der Waals surface area contributed by atoms with Crippen molar-refractivity contribution in [2.45, 2.75) is 13.0 Å². The minimum Gasteiger partial charge on any atom is -0.380 e. The summed E-state index contributed by atoms with van der Waals surface area (Å²) in [6.45, 7) is 2.36. The van der Waals surface area contributed by atoms with E-state index in [9.17, 15) is 9.18 Å². The van der Waals surface area contributed by atoms with Crippen molar-refractivity contribution in [3.63, 3.8) is 0 Å². The van der Waals surface area contributed by atoms with E-state index in [1.165, 1.54) is 18.3 Å². The largest absolute Gasteiger partial charge is 0.380 e. The van der Waals surface area contributed by atoms with Crippen molar-refractivity contribution in [3.05, 3.63) is 54.1 Å². The van der Waals surface area contributed by atoms with Crippen LogP contribution in [0.4, 0.5) is 4.39 Å². The van der Waals surface area contributed by atoms with Gasteiger partial charge in [0.15, 0.2) is 5.65 Å². The number of benzene rings is 1. The van der Waals surface area contributed by atoms with Crippen LogP contribution in [-0.4, -0.2) is 52.2 Å². The van der Waals surface area contributed by atoms with Crippen molar-refractivity contribution in [2.75, 3.05) is 20.7 Å². The first-order chi connectivity index (χ1) is 12.0. The number of carbonyl (C=O) groups excluding carboxylic acids is 1. The van der Waals surface area contributed by atoms with Crippen LogP contribution in [-0.2, 0) is 4.74 Å². The molecule has 25 heavy (non-hydrogen) atoms. The molecule has 1 amide bonds. The van der Waals surface area contributed by atoms with Crippen molar-refractivity contribution in [3.8, 4) is 11.3 Å². The Hall–Kier alpha value is -2.80. The first-order valence-electron chi connectivity index (χ1n) is 7.88. The van der Waals surface area contributed by atoms with E-state index in [1.54, 1.807) is 48.0 Å². The summed E-state index contributed by atoms with van der Waals surface area (Å²) >= 11 is 0. The van der Waals surface area contributed by atoms with Crippen molar-refractivity contribution in [2.24, 2.45) is 0 Å². The average molecular weight is 342 g/mol. The molecule has 7 heteroatoms. The molecule has 3 aromatic rings. The minimum atomic E-state index is -0.306. The van der Waals surface area contributed by atoms with E-state index >= 15 is 0 Å². The fraction of sp³-hybridized carbons (Fsp3) is 0.278. The molecule has 2 heterocycles. The third-order valence-corrected chi connectivity index (χ3v) is 4.05. The number of carbonyl (C=O) groups is 1. The highest BCUT2D eigenvalue weighted by Crippen LogP contribution is 2.21. The van der Waals surface area contributed by atoms with Gasteiger partial charge in [0, 0.05) is 32.5 Å². The van der Waals surface area contributed by atoms with Gasteiger partial charge in [0.2, 0.25) is 0 Å². The summed E-state index contributed by atoms with van der Waals surface area (Å²) in [5.74, 6) is -0.484. The van der Waals surface area contributed by atoms with Crippen LogP contribution in [0.15, 0.2) is 42.7 Å². The van der Waals surface area contributed by atoms with Gasteiger partial charge in [-0.25, -0.2) is 13.9 Å². The van der Waals surface area contributed by atoms with Gasteiger partial charge in [0.05, 0.1) is 18.0 Å². The standard InChI is InChI=1S/C18H19FN4O2/c1-12(25-3)11-22(2)18(24)15-10-21-23-16(8-9-20-17(15)23)13-4-6-14(19)7-5-13/h4-10,12H,11H2,1-3H3/t12-/m1/s1. The lowest BCUT2D eigenvalue weighted by Gasteiger charge is -2.20. The summed E-state index contributed by atoms with van der Waals surface area (Å²) in [7, 11) is 3.32. The SMILES string of the molecule is CO[C@H](C)CN(C)C(=O)c1cnn2c(-c3ccc(F)cc3)ccnc12. The number of likely N-dealkylation sites (N-methyl/N-ethyl adjacent to an activating group) is 1. The molecule has 0 bridgehead atoms. The van der Waals surface area contributed by atoms with Gasteiger partial charge in [0.25, 0.3) is 5.91 Å². The third kappa shape index (κ3) is 3.36. The smallest absolute Gasteiger partial charge is 0.259 e. The van der Waals surface area contributed by atoms with Gasteiger partial charge >= 0.3 is 0 Å². The van der Waals surface area contributed by atoms with Crippen molar-refractivity contribution in [1.82, 2.24) is 19.5 Å². The van der Waals surface area contributed by atoms with Crippen molar-refractivity contribution < 1.29 is 13.9 Å². The molecule has 1 aromatic carbocycles. The zero-order valence-electron chi connectivity index (χ0n) is 14.3. The third-order valence-electron chi connectivity index (χ3n) is 4.05. The number of halogens is 1. The van der Waals surface area contributed by atoms with Gasteiger partial charge in [-0.05, 0) is 37.3 Å². The Kier molecular flexibility index (Phi) is 4.76. The highest BCUT2D eigenvalue weighted by atomic mass is 19.1. The normalized spacial score (nSPS) is 12.3. The first-order valence-corrected chi connectivity index (χ1v) is 7.88. The Labute approximate surface area is 144 Å². The van der Waals surface area contributed by atoms with E-state index in [0.717, 1.165) is 11.3 Å². The van der Waals surface area contributed by atoms with E-state index in [2.05, 4.69) is 10.1 Å². The molecular weight excluding hydrogens is 323 g/mol. The lowest BCUT2D eigenvalue weighted by atomic mass is 10.1. The van der Waals surface area contributed by atoms with E-state index in [-0.39, 0.29) is 17.8 Å². The van der Waals surface area contributed by atoms with Gasteiger partial charge < -0.3 is 9.64 Å². The van der Waals surface area contributed by atoms with Gasteiger partial charge in [-0.1, -0.05) is 0 Å². The fourth-order valence-electron chi connectivity index (χ4n) is 2.63. The Bertz CT molecular complexity index is 892. The van der Waals surface area contributed by atoms with Crippen molar-refractivity contribution >= 4 is 11.6 Å². The van der Waals surface area contributed by atoms with Crippen LogP contribution in [0.5, 0.6) is 0 Å². The van der Waals surface area contributed by atoms with Crippen LogP contribution in [0.1, 0.15) is 17.3 Å². The maximum Gasteiger partial charge on any atom is 0.259 e. The zero-order chi connectivity index (χ0) is 18.0. The molecule has 0 fully saturated rings. The first kappa shape index (κ1) is 17.0. The zero-order valence-corrected chi connectivity index (χ0v) is 14.3. The molecular formula is C18H19FN4O2. The molecule has 0 aliphatic rings. The number of amides is 1. The van der Waals surface area contributed by atoms with E-state index in [1.807, 2.05) is 6.92 Å². The molecule has 3 rings (SSSR count). The highest BCUT2D eigenvalue weighted by molar-refractivity contribution is 5.99. The lowest BCUT2D eigenvalue weighted by molar-refractivity contribution is 0.0601. The number of fused-ring (bicyclic) bond motifs is 1. The van der Waals surface area contributed by atoms with Crippen LogP contribution in [0, 0.1) is 5.82 Å². The molecule has 1 atom stereocenters. The second kappa shape index (κ2) is 6.98. The molecule has 0 aliphatic heterocycles.